The molecule has 1 N–H and O–H groups in total. The van der Waals surface area contributed by atoms with E-state index in [0.29, 0.717) is 17.3 Å². The molecule has 0 radical (unpaired) electrons. The molecule has 0 atom stereocenters. The maximum absolute atomic E-state index is 12.6. The Morgan fingerprint density at radius 2 is 1.84 bits per heavy atom. The minimum atomic E-state index is -0.453. The molecule has 0 aliphatic rings. The molecule has 0 saturated heterocycles. The van der Waals surface area contributed by atoms with Crippen molar-refractivity contribution in [2.75, 3.05) is 5.32 Å². The van der Waals surface area contributed by atoms with E-state index in [1.807, 2.05) is 31.2 Å². The number of carbonyl (C=O) groups excluding carboxylic acids is 1. The van der Waals surface area contributed by atoms with Crippen molar-refractivity contribution in [1.82, 2.24) is 4.57 Å². The lowest BCUT2D eigenvalue weighted by atomic mass is 10.1. The minimum absolute atomic E-state index is 0.0922. The van der Waals surface area contributed by atoms with Gasteiger partial charge in [0.25, 0.3) is 11.5 Å². The molecule has 0 fully saturated rings. The lowest BCUT2D eigenvalue weighted by Gasteiger charge is -2.09. The number of hydrogen-bond donors (Lipinski definition) is 1. The number of hydrogen-bond acceptors (Lipinski definition) is 2. The summed E-state index contributed by atoms with van der Waals surface area (Å²) in [5.41, 5.74) is 2.47. The van der Waals surface area contributed by atoms with E-state index in [-0.39, 0.29) is 11.1 Å². The van der Waals surface area contributed by atoms with Crippen LogP contribution in [0.5, 0.6) is 0 Å². The van der Waals surface area contributed by atoms with Crippen LogP contribution in [0.25, 0.3) is 0 Å². The second-order valence-electron chi connectivity index (χ2n) is 5.80. The molecule has 25 heavy (non-hydrogen) atoms. The van der Waals surface area contributed by atoms with Gasteiger partial charge in [-0.2, -0.15) is 0 Å². The van der Waals surface area contributed by atoms with Crippen LogP contribution in [-0.2, 0) is 6.54 Å². The molecular weight excluding hydrogens is 336 g/mol. The molecular formula is C20H17ClN2O2. The van der Waals surface area contributed by atoms with Crippen LogP contribution in [0.4, 0.5) is 5.69 Å². The predicted octanol–water partition coefficient (Wildman–Crippen LogP) is 4.11. The average Bonchev–Trinajstić information content (AvgIpc) is 2.58. The highest BCUT2D eigenvalue weighted by Gasteiger charge is 2.12. The van der Waals surface area contributed by atoms with Crippen molar-refractivity contribution < 1.29 is 4.79 Å². The van der Waals surface area contributed by atoms with E-state index < -0.39 is 5.91 Å². The normalized spacial score (nSPS) is 10.5. The van der Waals surface area contributed by atoms with Crippen molar-refractivity contribution in [1.29, 1.82) is 0 Å². The molecule has 126 valence electrons. The number of pyridine rings is 1. The summed E-state index contributed by atoms with van der Waals surface area (Å²) in [4.78, 5) is 25.0. The van der Waals surface area contributed by atoms with E-state index in [1.165, 1.54) is 10.6 Å². The molecule has 0 aliphatic carbocycles. The van der Waals surface area contributed by atoms with Gasteiger partial charge in [0.2, 0.25) is 0 Å². The SMILES string of the molecule is Cc1ccc(Cn2cccc(C(=O)Nc3cccc(Cl)c3)c2=O)cc1. The van der Waals surface area contributed by atoms with E-state index in [9.17, 15) is 9.59 Å². The van der Waals surface area contributed by atoms with Crippen molar-refractivity contribution in [2.24, 2.45) is 0 Å². The van der Waals surface area contributed by atoms with Crippen LogP contribution in [0.15, 0.2) is 71.7 Å². The van der Waals surface area contributed by atoms with Crippen molar-refractivity contribution in [3.8, 4) is 0 Å². The second kappa shape index (κ2) is 7.36. The smallest absolute Gasteiger partial charge is 0.263 e. The van der Waals surface area contributed by atoms with Crippen molar-refractivity contribution in [3.63, 3.8) is 0 Å². The molecule has 1 amide bonds. The summed E-state index contributed by atoms with van der Waals surface area (Å²) in [6, 6.07) is 18.0. The van der Waals surface area contributed by atoms with Gasteiger partial charge in [-0.15, -0.1) is 0 Å². The molecule has 1 heterocycles. The topological polar surface area (TPSA) is 51.1 Å². The van der Waals surface area contributed by atoms with Gasteiger partial charge in [-0.05, 0) is 42.8 Å². The van der Waals surface area contributed by atoms with Crippen LogP contribution in [0.1, 0.15) is 21.5 Å². The Kier molecular flexibility index (Phi) is 5.00. The van der Waals surface area contributed by atoms with Crippen LogP contribution < -0.4 is 10.9 Å². The maximum Gasteiger partial charge on any atom is 0.263 e. The molecule has 0 unspecified atom stereocenters. The van der Waals surface area contributed by atoms with Crippen LogP contribution in [-0.4, -0.2) is 10.5 Å². The zero-order chi connectivity index (χ0) is 17.8. The van der Waals surface area contributed by atoms with Gasteiger partial charge in [-0.1, -0.05) is 47.5 Å². The van der Waals surface area contributed by atoms with Crippen molar-refractivity contribution in [3.05, 3.63) is 98.9 Å². The Morgan fingerprint density at radius 1 is 1.08 bits per heavy atom. The number of anilines is 1. The third-order valence-electron chi connectivity index (χ3n) is 3.82. The zero-order valence-corrected chi connectivity index (χ0v) is 14.5. The average molecular weight is 353 g/mol. The van der Waals surface area contributed by atoms with Crippen LogP contribution in [0, 0.1) is 6.92 Å². The predicted molar refractivity (Wildman–Crippen MR) is 100 cm³/mol. The molecule has 5 heteroatoms. The van der Waals surface area contributed by atoms with E-state index in [0.717, 1.165) is 11.1 Å². The van der Waals surface area contributed by atoms with Gasteiger partial charge >= 0.3 is 0 Å². The molecule has 3 rings (SSSR count). The molecule has 0 spiro atoms. The fraction of sp³-hybridized carbons (Fsp3) is 0.100. The highest BCUT2D eigenvalue weighted by molar-refractivity contribution is 6.30. The number of nitrogens with one attached hydrogen (secondary N) is 1. The standard InChI is InChI=1S/C20H17ClN2O2/c1-14-7-9-15(10-8-14)13-23-11-3-6-18(20(23)25)19(24)22-17-5-2-4-16(21)12-17/h2-12H,13H2,1H3,(H,22,24). The highest BCUT2D eigenvalue weighted by atomic mass is 35.5. The van der Waals surface area contributed by atoms with Gasteiger partial charge < -0.3 is 9.88 Å². The van der Waals surface area contributed by atoms with Gasteiger partial charge in [-0.3, -0.25) is 9.59 Å². The maximum atomic E-state index is 12.6. The number of carbonyl (C=O) groups is 1. The van der Waals surface area contributed by atoms with Crippen molar-refractivity contribution >= 4 is 23.2 Å². The largest absolute Gasteiger partial charge is 0.322 e. The van der Waals surface area contributed by atoms with Gasteiger partial charge in [0.1, 0.15) is 5.56 Å². The summed E-state index contributed by atoms with van der Waals surface area (Å²) in [7, 11) is 0. The monoisotopic (exact) mass is 352 g/mol. The van der Waals surface area contributed by atoms with Crippen molar-refractivity contribution in [2.45, 2.75) is 13.5 Å². The molecule has 0 bridgehead atoms. The summed E-state index contributed by atoms with van der Waals surface area (Å²) < 4.78 is 1.53. The van der Waals surface area contributed by atoms with Crippen LogP contribution in [0.3, 0.4) is 0 Å². The lowest BCUT2D eigenvalue weighted by Crippen LogP contribution is -2.29. The number of amides is 1. The van der Waals surface area contributed by atoms with Gasteiger partial charge in [-0.25, -0.2) is 0 Å². The summed E-state index contributed by atoms with van der Waals surface area (Å²) in [5.74, 6) is -0.453. The first kappa shape index (κ1) is 17.0. The summed E-state index contributed by atoms with van der Waals surface area (Å²) in [5, 5.41) is 3.22. The zero-order valence-electron chi connectivity index (χ0n) is 13.7. The van der Waals surface area contributed by atoms with Gasteiger partial charge in [0.05, 0.1) is 6.54 Å². The highest BCUT2D eigenvalue weighted by Crippen LogP contribution is 2.15. The number of benzene rings is 2. The molecule has 3 aromatic rings. The Morgan fingerprint density at radius 3 is 2.56 bits per heavy atom. The Bertz CT molecular complexity index is 962. The molecule has 1 aromatic heterocycles. The fourth-order valence-corrected chi connectivity index (χ4v) is 2.68. The summed E-state index contributed by atoms with van der Waals surface area (Å²) in [6.45, 7) is 2.42. The Balaban J connectivity index is 1.84. The number of nitrogens with zero attached hydrogens (tertiary/aromatic N) is 1. The van der Waals surface area contributed by atoms with Gasteiger partial charge in [0, 0.05) is 16.9 Å². The third-order valence-corrected chi connectivity index (χ3v) is 4.06. The lowest BCUT2D eigenvalue weighted by molar-refractivity contribution is 0.102. The Hall–Kier alpha value is -2.85. The Labute approximate surface area is 150 Å². The van der Waals surface area contributed by atoms with Crippen LogP contribution in [0.2, 0.25) is 5.02 Å². The third kappa shape index (κ3) is 4.17. The number of aromatic nitrogens is 1. The van der Waals surface area contributed by atoms with E-state index in [1.54, 1.807) is 36.5 Å². The summed E-state index contributed by atoms with van der Waals surface area (Å²) in [6.07, 6.45) is 1.68. The quantitative estimate of drug-likeness (QED) is 0.768. The fourth-order valence-electron chi connectivity index (χ4n) is 2.49. The number of aryl methyl sites for hydroxylation is 1. The molecule has 0 aliphatic heterocycles. The molecule has 2 aromatic carbocycles. The van der Waals surface area contributed by atoms with Gasteiger partial charge in [0.15, 0.2) is 0 Å². The second-order valence-corrected chi connectivity index (χ2v) is 6.24. The number of halogens is 1. The van der Waals surface area contributed by atoms with E-state index in [4.69, 9.17) is 11.6 Å². The van der Waals surface area contributed by atoms with E-state index >= 15 is 0 Å². The first-order valence-corrected chi connectivity index (χ1v) is 8.22. The first-order valence-electron chi connectivity index (χ1n) is 7.85. The minimum Gasteiger partial charge on any atom is -0.322 e. The first-order chi connectivity index (χ1) is 12.0. The summed E-state index contributed by atoms with van der Waals surface area (Å²) >= 11 is 5.92. The molecule has 0 saturated carbocycles. The number of rotatable bonds is 4. The van der Waals surface area contributed by atoms with E-state index in [2.05, 4.69) is 5.32 Å². The van der Waals surface area contributed by atoms with Crippen LogP contribution >= 0.6 is 11.6 Å². The molecule has 4 nitrogen and oxygen atoms in total.